The molecule has 1 N–H and O–H groups in total. The SMILES string of the molecule is CC(O)c1cc(F)ccc1Oc1c(Br)cccc1[N+](=O)[O-]. The summed E-state index contributed by atoms with van der Waals surface area (Å²) in [6.07, 6.45) is -0.975. The predicted molar refractivity (Wildman–Crippen MR) is 77.9 cm³/mol. The quantitative estimate of drug-likeness (QED) is 0.653. The van der Waals surface area contributed by atoms with Crippen LogP contribution in [0.1, 0.15) is 18.6 Å². The summed E-state index contributed by atoms with van der Waals surface area (Å²) in [5, 5.41) is 20.7. The van der Waals surface area contributed by atoms with Crippen LogP contribution in [0.25, 0.3) is 0 Å². The third kappa shape index (κ3) is 3.37. The number of nitro benzene ring substituents is 1. The molecule has 0 aliphatic rings. The van der Waals surface area contributed by atoms with Gasteiger partial charge in [0, 0.05) is 11.6 Å². The van der Waals surface area contributed by atoms with Gasteiger partial charge in [-0.25, -0.2) is 4.39 Å². The molecule has 1 unspecified atom stereocenters. The van der Waals surface area contributed by atoms with E-state index >= 15 is 0 Å². The second kappa shape index (κ2) is 6.19. The Labute approximate surface area is 128 Å². The zero-order chi connectivity index (χ0) is 15.6. The van der Waals surface area contributed by atoms with Gasteiger partial charge in [0.05, 0.1) is 15.5 Å². The average molecular weight is 356 g/mol. The first-order valence-electron chi connectivity index (χ1n) is 5.98. The highest BCUT2D eigenvalue weighted by atomic mass is 79.9. The predicted octanol–water partition coefficient (Wildman–Crippen LogP) is 4.34. The second-order valence-corrected chi connectivity index (χ2v) is 5.16. The normalized spacial score (nSPS) is 12.0. The topological polar surface area (TPSA) is 72.6 Å². The maximum Gasteiger partial charge on any atom is 0.312 e. The molecular formula is C14H11BrFNO4. The van der Waals surface area contributed by atoms with E-state index in [0.717, 1.165) is 12.1 Å². The highest BCUT2D eigenvalue weighted by Gasteiger charge is 2.21. The van der Waals surface area contributed by atoms with Crippen LogP contribution in [0.3, 0.4) is 0 Å². The molecule has 110 valence electrons. The molecule has 0 aromatic heterocycles. The van der Waals surface area contributed by atoms with Crippen LogP contribution in [0, 0.1) is 15.9 Å². The summed E-state index contributed by atoms with van der Waals surface area (Å²) in [6, 6.07) is 8.00. The molecule has 0 saturated heterocycles. The lowest BCUT2D eigenvalue weighted by Crippen LogP contribution is -1.99. The van der Waals surface area contributed by atoms with E-state index in [9.17, 15) is 19.6 Å². The zero-order valence-corrected chi connectivity index (χ0v) is 12.5. The van der Waals surface area contributed by atoms with Gasteiger partial charge in [-0.15, -0.1) is 0 Å². The van der Waals surface area contributed by atoms with Gasteiger partial charge in [0.25, 0.3) is 0 Å². The summed E-state index contributed by atoms with van der Waals surface area (Å²) >= 11 is 3.18. The van der Waals surface area contributed by atoms with Crippen molar-refractivity contribution < 1.29 is 19.2 Å². The monoisotopic (exact) mass is 355 g/mol. The van der Waals surface area contributed by atoms with Crippen LogP contribution in [-0.2, 0) is 0 Å². The lowest BCUT2D eigenvalue weighted by molar-refractivity contribution is -0.385. The van der Waals surface area contributed by atoms with Crippen molar-refractivity contribution in [1.29, 1.82) is 0 Å². The van der Waals surface area contributed by atoms with Crippen molar-refractivity contribution in [3.05, 3.63) is 62.4 Å². The molecule has 0 aliphatic carbocycles. The highest BCUT2D eigenvalue weighted by molar-refractivity contribution is 9.10. The van der Waals surface area contributed by atoms with Gasteiger partial charge in [0.2, 0.25) is 5.75 Å². The van der Waals surface area contributed by atoms with E-state index in [1.165, 1.54) is 25.1 Å². The highest BCUT2D eigenvalue weighted by Crippen LogP contribution is 2.40. The van der Waals surface area contributed by atoms with Crippen molar-refractivity contribution in [2.45, 2.75) is 13.0 Å². The maximum atomic E-state index is 13.2. The number of hydrogen-bond acceptors (Lipinski definition) is 4. The first-order chi connectivity index (χ1) is 9.90. The standard InChI is InChI=1S/C14H11BrFNO4/c1-8(18)10-7-9(16)5-6-13(10)21-14-11(15)3-2-4-12(14)17(19)20/h2-8,18H,1H3. The van der Waals surface area contributed by atoms with Crippen LogP contribution in [0.2, 0.25) is 0 Å². The van der Waals surface area contributed by atoms with Crippen molar-refractivity contribution >= 4 is 21.6 Å². The van der Waals surface area contributed by atoms with Gasteiger partial charge in [0.1, 0.15) is 11.6 Å². The van der Waals surface area contributed by atoms with Gasteiger partial charge in [-0.2, -0.15) is 0 Å². The Morgan fingerprint density at radius 3 is 2.71 bits per heavy atom. The Balaban J connectivity index is 2.51. The minimum absolute atomic E-state index is 0.00370. The van der Waals surface area contributed by atoms with Crippen molar-refractivity contribution in [3.8, 4) is 11.5 Å². The van der Waals surface area contributed by atoms with Crippen LogP contribution in [0.5, 0.6) is 11.5 Å². The minimum atomic E-state index is -0.975. The van der Waals surface area contributed by atoms with E-state index in [-0.39, 0.29) is 22.7 Å². The molecule has 1 atom stereocenters. The van der Waals surface area contributed by atoms with Gasteiger partial charge in [-0.3, -0.25) is 10.1 Å². The first-order valence-corrected chi connectivity index (χ1v) is 6.77. The molecule has 0 spiro atoms. The van der Waals surface area contributed by atoms with Gasteiger partial charge in [0.15, 0.2) is 0 Å². The van der Waals surface area contributed by atoms with E-state index in [0.29, 0.717) is 4.47 Å². The van der Waals surface area contributed by atoms with E-state index in [4.69, 9.17) is 4.74 Å². The molecule has 0 aliphatic heterocycles. The lowest BCUT2D eigenvalue weighted by Gasteiger charge is -2.14. The summed E-state index contributed by atoms with van der Waals surface area (Å²) in [5.41, 5.74) is -0.0229. The fraction of sp³-hybridized carbons (Fsp3) is 0.143. The fourth-order valence-corrected chi connectivity index (χ4v) is 2.23. The first kappa shape index (κ1) is 15.4. The summed E-state index contributed by atoms with van der Waals surface area (Å²) in [4.78, 5) is 10.5. The molecule has 5 nitrogen and oxygen atoms in total. The zero-order valence-electron chi connectivity index (χ0n) is 10.9. The number of para-hydroxylation sites is 1. The van der Waals surface area contributed by atoms with Crippen LogP contribution in [-0.4, -0.2) is 10.0 Å². The Morgan fingerprint density at radius 2 is 2.10 bits per heavy atom. The largest absolute Gasteiger partial charge is 0.449 e. The molecule has 2 aromatic carbocycles. The third-order valence-electron chi connectivity index (χ3n) is 2.78. The Hall–Kier alpha value is -1.99. The molecule has 2 rings (SSSR count). The molecular weight excluding hydrogens is 345 g/mol. The second-order valence-electron chi connectivity index (χ2n) is 4.31. The molecule has 2 aromatic rings. The number of aliphatic hydroxyl groups excluding tert-OH is 1. The van der Waals surface area contributed by atoms with E-state index in [1.807, 2.05) is 0 Å². The molecule has 0 heterocycles. The van der Waals surface area contributed by atoms with Crippen LogP contribution in [0.15, 0.2) is 40.9 Å². The summed E-state index contributed by atoms with van der Waals surface area (Å²) < 4.78 is 19.2. The smallest absolute Gasteiger partial charge is 0.312 e. The van der Waals surface area contributed by atoms with Crippen molar-refractivity contribution in [2.75, 3.05) is 0 Å². The number of halogens is 2. The van der Waals surface area contributed by atoms with Crippen LogP contribution < -0.4 is 4.74 Å². The van der Waals surface area contributed by atoms with Gasteiger partial charge in [-0.05, 0) is 47.1 Å². The number of rotatable bonds is 4. The van der Waals surface area contributed by atoms with E-state index in [1.54, 1.807) is 6.07 Å². The Kier molecular flexibility index (Phi) is 4.54. The fourth-order valence-electron chi connectivity index (χ4n) is 1.79. The lowest BCUT2D eigenvalue weighted by atomic mass is 10.1. The number of benzene rings is 2. The molecule has 7 heteroatoms. The molecule has 0 saturated carbocycles. The van der Waals surface area contributed by atoms with Crippen molar-refractivity contribution in [2.24, 2.45) is 0 Å². The Morgan fingerprint density at radius 1 is 1.38 bits per heavy atom. The molecule has 0 bridgehead atoms. The Bertz CT molecular complexity index is 691. The van der Waals surface area contributed by atoms with Crippen LogP contribution in [0.4, 0.5) is 10.1 Å². The molecule has 0 amide bonds. The van der Waals surface area contributed by atoms with Gasteiger partial charge in [-0.1, -0.05) is 6.07 Å². The molecule has 0 fully saturated rings. The number of nitrogens with zero attached hydrogens (tertiary/aromatic N) is 1. The molecule has 0 radical (unpaired) electrons. The van der Waals surface area contributed by atoms with Crippen molar-refractivity contribution in [1.82, 2.24) is 0 Å². The number of ether oxygens (including phenoxy) is 1. The average Bonchev–Trinajstić information content (AvgIpc) is 2.42. The van der Waals surface area contributed by atoms with Crippen LogP contribution >= 0.6 is 15.9 Å². The maximum absolute atomic E-state index is 13.2. The van der Waals surface area contributed by atoms with Gasteiger partial charge < -0.3 is 9.84 Å². The van der Waals surface area contributed by atoms with E-state index in [2.05, 4.69) is 15.9 Å². The number of aliphatic hydroxyl groups is 1. The number of nitro groups is 1. The molecule has 21 heavy (non-hydrogen) atoms. The third-order valence-corrected chi connectivity index (χ3v) is 3.40. The summed E-state index contributed by atoms with van der Waals surface area (Å²) in [6.45, 7) is 1.45. The number of hydrogen-bond donors (Lipinski definition) is 1. The summed E-state index contributed by atoms with van der Waals surface area (Å²) in [7, 11) is 0. The van der Waals surface area contributed by atoms with E-state index < -0.39 is 16.8 Å². The van der Waals surface area contributed by atoms with Crippen molar-refractivity contribution in [3.63, 3.8) is 0 Å². The summed E-state index contributed by atoms with van der Waals surface area (Å²) in [5.74, 6) is -0.378. The van der Waals surface area contributed by atoms with Gasteiger partial charge >= 0.3 is 5.69 Å². The minimum Gasteiger partial charge on any atom is -0.449 e.